The number of hydrogen-bond acceptors (Lipinski definition) is 5. The highest BCUT2D eigenvalue weighted by Gasteiger charge is 2.40. The van der Waals surface area contributed by atoms with Gasteiger partial charge in [-0.1, -0.05) is 84.9 Å². The summed E-state index contributed by atoms with van der Waals surface area (Å²) in [6.07, 6.45) is 1.57. The lowest BCUT2D eigenvalue weighted by atomic mass is 9.72. The van der Waals surface area contributed by atoms with E-state index < -0.39 is 0 Å². The minimum Gasteiger partial charge on any atom is -0.462 e. The lowest BCUT2D eigenvalue weighted by Gasteiger charge is -2.43. The Morgan fingerprint density at radius 1 is 0.600 bits per heavy atom. The van der Waals surface area contributed by atoms with Gasteiger partial charge in [-0.25, -0.2) is 9.59 Å². The average molecular weight is 535 g/mol. The van der Waals surface area contributed by atoms with E-state index in [0.717, 1.165) is 46.2 Å². The van der Waals surface area contributed by atoms with E-state index in [1.165, 1.54) is 0 Å². The van der Waals surface area contributed by atoms with Gasteiger partial charge in [0.1, 0.15) is 0 Å². The number of rotatable bonds is 10. The van der Waals surface area contributed by atoms with E-state index in [-0.39, 0.29) is 17.4 Å². The molecule has 0 bridgehead atoms. The van der Waals surface area contributed by atoms with Crippen LogP contribution in [0.3, 0.4) is 0 Å². The molecule has 0 atom stereocenters. The van der Waals surface area contributed by atoms with Crippen LogP contribution in [0.4, 0.5) is 0 Å². The van der Waals surface area contributed by atoms with Gasteiger partial charge in [-0.2, -0.15) is 0 Å². The van der Waals surface area contributed by atoms with Crippen LogP contribution in [-0.2, 0) is 27.1 Å². The monoisotopic (exact) mass is 534 g/mol. The number of benzene rings is 4. The fraction of sp³-hybridized carbons (Fsp3) is 0.257. The highest BCUT2D eigenvalue weighted by atomic mass is 16.5. The summed E-state index contributed by atoms with van der Waals surface area (Å²) in [6.45, 7) is 5.56. The van der Waals surface area contributed by atoms with Crippen molar-refractivity contribution in [3.8, 4) is 22.3 Å². The second-order valence-corrected chi connectivity index (χ2v) is 10.2. The minimum atomic E-state index is -0.316. The molecule has 0 N–H and O–H groups in total. The van der Waals surface area contributed by atoms with Crippen molar-refractivity contribution in [2.24, 2.45) is 5.41 Å². The number of carbonyl (C=O) groups is 2. The molecule has 0 saturated carbocycles. The molecule has 4 aromatic rings. The van der Waals surface area contributed by atoms with Gasteiger partial charge < -0.3 is 14.2 Å². The Morgan fingerprint density at radius 3 is 1.35 bits per heavy atom. The molecule has 0 radical (unpaired) electrons. The summed E-state index contributed by atoms with van der Waals surface area (Å²) in [5, 5.41) is 0. The SMILES string of the molecule is CCOC(=O)c1ccccc1-c1ccccc1CC1(Cc2ccccc2-c2ccccc2C(=O)OCC)COC1. The molecule has 1 saturated heterocycles. The van der Waals surface area contributed by atoms with E-state index in [0.29, 0.717) is 37.6 Å². The van der Waals surface area contributed by atoms with E-state index in [4.69, 9.17) is 14.2 Å². The van der Waals surface area contributed by atoms with Crippen molar-refractivity contribution >= 4 is 11.9 Å². The number of hydrogen-bond donors (Lipinski definition) is 0. The van der Waals surface area contributed by atoms with Crippen LogP contribution >= 0.6 is 0 Å². The number of ether oxygens (including phenoxy) is 3. The molecule has 0 amide bonds. The molecule has 40 heavy (non-hydrogen) atoms. The van der Waals surface area contributed by atoms with Crippen molar-refractivity contribution in [2.45, 2.75) is 26.7 Å². The third-order valence-corrected chi connectivity index (χ3v) is 7.41. The Kier molecular flexibility index (Phi) is 8.42. The molecule has 1 aliphatic rings. The smallest absolute Gasteiger partial charge is 0.338 e. The van der Waals surface area contributed by atoms with Crippen LogP contribution in [-0.4, -0.2) is 38.4 Å². The molecule has 1 fully saturated rings. The maximum absolute atomic E-state index is 12.8. The summed E-state index contributed by atoms with van der Waals surface area (Å²) in [7, 11) is 0. The fourth-order valence-corrected chi connectivity index (χ4v) is 5.55. The first-order chi connectivity index (χ1) is 19.5. The molecule has 5 rings (SSSR count). The predicted molar refractivity (Wildman–Crippen MR) is 156 cm³/mol. The van der Waals surface area contributed by atoms with Crippen molar-refractivity contribution in [1.29, 1.82) is 0 Å². The molecule has 0 spiro atoms. The summed E-state index contributed by atoms with van der Waals surface area (Å²) in [6, 6.07) is 31.8. The van der Waals surface area contributed by atoms with Gasteiger partial charge in [0.15, 0.2) is 0 Å². The zero-order valence-electron chi connectivity index (χ0n) is 23.0. The predicted octanol–water partition coefficient (Wildman–Crippen LogP) is 7.18. The average Bonchev–Trinajstić information content (AvgIpc) is 2.97. The molecule has 1 aliphatic heterocycles. The van der Waals surface area contributed by atoms with Crippen molar-refractivity contribution in [2.75, 3.05) is 26.4 Å². The van der Waals surface area contributed by atoms with Gasteiger partial charge in [0.2, 0.25) is 0 Å². The standard InChI is InChI=1S/C35H34O5/c1-3-39-33(36)31-19-11-9-17-29(31)27-15-7-5-13-25(27)21-35(23-38-24-35)22-26-14-6-8-16-28(26)30-18-10-12-20-32(30)34(37)40-4-2/h5-20H,3-4,21-24H2,1-2H3. The molecule has 0 unspecified atom stereocenters. The van der Waals surface area contributed by atoms with Crippen LogP contribution in [0.5, 0.6) is 0 Å². The van der Waals surface area contributed by atoms with Crippen molar-refractivity contribution in [3.63, 3.8) is 0 Å². The van der Waals surface area contributed by atoms with Gasteiger partial charge >= 0.3 is 11.9 Å². The first-order valence-corrected chi connectivity index (χ1v) is 13.8. The first kappa shape index (κ1) is 27.4. The van der Waals surface area contributed by atoms with Crippen molar-refractivity contribution < 1.29 is 23.8 Å². The van der Waals surface area contributed by atoms with Crippen LogP contribution in [0, 0.1) is 5.41 Å². The lowest BCUT2D eigenvalue weighted by Crippen LogP contribution is -2.46. The highest BCUT2D eigenvalue weighted by Crippen LogP contribution is 2.41. The van der Waals surface area contributed by atoms with Crippen LogP contribution in [0.25, 0.3) is 22.3 Å². The summed E-state index contributed by atoms with van der Waals surface area (Å²) in [5.74, 6) is -0.632. The minimum absolute atomic E-state index is 0.121. The quantitative estimate of drug-likeness (QED) is 0.202. The van der Waals surface area contributed by atoms with E-state index in [2.05, 4.69) is 24.3 Å². The summed E-state index contributed by atoms with van der Waals surface area (Å²) in [4.78, 5) is 25.5. The van der Waals surface area contributed by atoms with Crippen LogP contribution in [0.1, 0.15) is 45.7 Å². The summed E-state index contributed by atoms with van der Waals surface area (Å²) in [5.41, 5.74) is 7.12. The van der Waals surface area contributed by atoms with Gasteiger partial charge in [-0.3, -0.25) is 0 Å². The fourth-order valence-electron chi connectivity index (χ4n) is 5.55. The molecule has 1 heterocycles. The lowest BCUT2D eigenvalue weighted by molar-refractivity contribution is -0.112. The van der Waals surface area contributed by atoms with E-state index in [1.807, 2.05) is 86.6 Å². The molecule has 5 heteroatoms. The van der Waals surface area contributed by atoms with Gasteiger partial charge in [0.05, 0.1) is 37.6 Å². The van der Waals surface area contributed by atoms with Gasteiger partial charge in [0.25, 0.3) is 0 Å². The molecule has 0 aliphatic carbocycles. The van der Waals surface area contributed by atoms with Gasteiger partial charge in [0, 0.05) is 5.41 Å². The Balaban J connectivity index is 1.49. The Morgan fingerprint density at radius 2 is 0.975 bits per heavy atom. The normalized spacial score (nSPS) is 13.8. The molecular weight excluding hydrogens is 500 g/mol. The molecule has 204 valence electrons. The highest BCUT2D eigenvalue weighted by molar-refractivity contribution is 5.98. The third-order valence-electron chi connectivity index (χ3n) is 7.41. The maximum Gasteiger partial charge on any atom is 0.338 e. The number of carbonyl (C=O) groups excluding carboxylic acids is 2. The van der Waals surface area contributed by atoms with Crippen LogP contribution in [0.15, 0.2) is 97.1 Å². The Hall–Kier alpha value is -4.22. The van der Waals surface area contributed by atoms with Crippen molar-refractivity contribution in [1.82, 2.24) is 0 Å². The molecular formula is C35H34O5. The van der Waals surface area contributed by atoms with E-state index in [9.17, 15) is 9.59 Å². The second-order valence-electron chi connectivity index (χ2n) is 10.2. The summed E-state index contributed by atoms with van der Waals surface area (Å²) < 4.78 is 16.5. The second kappa shape index (κ2) is 12.3. The summed E-state index contributed by atoms with van der Waals surface area (Å²) >= 11 is 0. The molecule has 5 nitrogen and oxygen atoms in total. The zero-order chi connectivity index (χ0) is 28.0. The van der Waals surface area contributed by atoms with E-state index >= 15 is 0 Å². The molecule has 0 aromatic heterocycles. The van der Waals surface area contributed by atoms with Crippen LogP contribution in [0.2, 0.25) is 0 Å². The third kappa shape index (κ3) is 5.70. The maximum atomic E-state index is 12.8. The van der Waals surface area contributed by atoms with Crippen LogP contribution < -0.4 is 0 Å². The topological polar surface area (TPSA) is 61.8 Å². The van der Waals surface area contributed by atoms with Gasteiger partial charge in [-0.15, -0.1) is 0 Å². The number of esters is 2. The van der Waals surface area contributed by atoms with E-state index in [1.54, 1.807) is 0 Å². The zero-order valence-corrected chi connectivity index (χ0v) is 23.0. The van der Waals surface area contributed by atoms with Crippen molar-refractivity contribution in [3.05, 3.63) is 119 Å². The molecule has 4 aromatic carbocycles. The van der Waals surface area contributed by atoms with Gasteiger partial charge in [-0.05, 0) is 72.2 Å². The Labute approximate surface area is 235 Å². The largest absolute Gasteiger partial charge is 0.462 e. The Bertz CT molecular complexity index is 1390. The first-order valence-electron chi connectivity index (χ1n) is 13.8.